The van der Waals surface area contributed by atoms with Crippen LogP contribution in [0.3, 0.4) is 0 Å². The molecule has 3 N–H and O–H groups in total. The van der Waals surface area contributed by atoms with Crippen molar-refractivity contribution in [1.82, 2.24) is 0 Å². The third-order valence-corrected chi connectivity index (χ3v) is 3.44. The molecule has 0 fully saturated rings. The van der Waals surface area contributed by atoms with Gasteiger partial charge in [0.05, 0.1) is 0 Å². The Morgan fingerprint density at radius 3 is 2.45 bits per heavy atom. The lowest BCUT2D eigenvalue weighted by Gasteiger charge is -2.22. The molecule has 2 aromatic rings. The molecule has 0 bridgehead atoms. The van der Waals surface area contributed by atoms with Gasteiger partial charge in [0.15, 0.2) is 0 Å². The van der Waals surface area contributed by atoms with Gasteiger partial charge in [-0.25, -0.2) is 0 Å². The number of halogens is 1. The second-order valence-corrected chi connectivity index (χ2v) is 5.35. The van der Waals surface area contributed by atoms with Gasteiger partial charge in [0.1, 0.15) is 5.84 Å². The number of nitrogens with one attached hydrogen (secondary N) is 1. The molecular weight excluding hydrogens is 270 g/mol. The fourth-order valence-electron chi connectivity index (χ4n) is 2.11. The van der Waals surface area contributed by atoms with E-state index in [0.717, 1.165) is 12.2 Å². The monoisotopic (exact) mass is 287 g/mol. The Morgan fingerprint density at radius 1 is 1.20 bits per heavy atom. The number of nitrogen functional groups attached to an aromatic ring is 1. The number of anilines is 1. The summed E-state index contributed by atoms with van der Waals surface area (Å²) in [5, 5.41) is 8.25. The third-order valence-electron chi connectivity index (χ3n) is 3.20. The van der Waals surface area contributed by atoms with Crippen LogP contribution in [0.15, 0.2) is 42.5 Å². The van der Waals surface area contributed by atoms with Gasteiger partial charge < -0.3 is 10.6 Å². The molecule has 0 aliphatic heterocycles. The van der Waals surface area contributed by atoms with Gasteiger partial charge in [0.25, 0.3) is 0 Å². The topological polar surface area (TPSA) is 53.1 Å². The van der Waals surface area contributed by atoms with E-state index < -0.39 is 0 Å². The van der Waals surface area contributed by atoms with E-state index in [-0.39, 0.29) is 5.84 Å². The number of benzene rings is 2. The standard InChI is InChI=1S/C16H18ClN3/c1-11-3-5-12(6-4-11)10-20(2)15-8-7-13(17)9-14(15)16(18)19/h3-9H,10H2,1-2H3,(H3,18,19). The number of nitrogens with two attached hydrogens (primary N) is 1. The lowest BCUT2D eigenvalue weighted by molar-refractivity contribution is 0.920. The van der Waals surface area contributed by atoms with E-state index in [1.54, 1.807) is 6.07 Å². The maximum absolute atomic E-state index is 7.67. The van der Waals surface area contributed by atoms with Crippen LogP contribution in [0.5, 0.6) is 0 Å². The van der Waals surface area contributed by atoms with Gasteiger partial charge in [-0.2, -0.15) is 0 Å². The van der Waals surface area contributed by atoms with Crippen LogP contribution in [0, 0.1) is 12.3 Å². The summed E-state index contributed by atoms with van der Waals surface area (Å²) >= 11 is 5.97. The highest BCUT2D eigenvalue weighted by Gasteiger charge is 2.11. The molecule has 3 nitrogen and oxygen atoms in total. The van der Waals surface area contributed by atoms with Gasteiger partial charge in [-0.3, -0.25) is 5.41 Å². The number of hydrogen-bond donors (Lipinski definition) is 2. The molecule has 0 spiro atoms. The van der Waals surface area contributed by atoms with Crippen molar-refractivity contribution in [2.45, 2.75) is 13.5 Å². The molecule has 4 heteroatoms. The second kappa shape index (κ2) is 5.97. The average Bonchev–Trinajstić information content (AvgIpc) is 2.41. The number of hydrogen-bond acceptors (Lipinski definition) is 2. The minimum absolute atomic E-state index is 0.0262. The fourth-order valence-corrected chi connectivity index (χ4v) is 2.28. The van der Waals surface area contributed by atoms with Crippen LogP contribution < -0.4 is 10.6 Å². The van der Waals surface area contributed by atoms with E-state index >= 15 is 0 Å². The van der Waals surface area contributed by atoms with Crippen LogP contribution >= 0.6 is 11.6 Å². The van der Waals surface area contributed by atoms with E-state index in [4.69, 9.17) is 22.7 Å². The summed E-state index contributed by atoms with van der Waals surface area (Å²) < 4.78 is 0. The number of aryl methyl sites for hydroxylation is 1. The molecular formula is C16H18ClN3. The van der Waals surface area contributed by atoms with Gasteiger partial charge in [0, 0.05) is 29.9 Å². The lowest BCUT2D eigenvalue weighted by atomic mass is 10.1. The maximum Gasteiger partial charge on any atom is 0.124 e. The quantitative estimate of drug-likeness (QED) is 0.667. The SMILES string of the molecule is Cc1ccc(CN(C)c2ccc(Cl)cc2C(=N)N)cc1. The van der Waals surface area contributed by atoms with Crippen molar-refractivity contribution in [2.24, 2.45) is 5.73 Å². The van der Waals surface area contributed by atoms with Crippen LogP contribution in [0.1, 0.15) is 16.7 Å². The fraction of sp³-hybridized carbons (Fsp3) is 0.188. The summed E-state index contributed by atoms with van der Waals surface area (Å²) in [6.45, 7) is 2.82. The Morgan fingerprint density at radius 2 is 1.85 bits per heavy atom. The van der Waals surface area contributed by atoms with Crippen molar-refractivity contribution in [2.75, 3.05) is 11.9 Å². The minimum atomic E-state index is 0.0262. The first-order valence-electron chi connectivity index (χ1n) is 6.38. The van der Waals surface area contributed by atoms with E-state index in [2.05, 4.69) is 36.1 Å². The summed E-state index contributed by atoms with van der Waals surface area (Å²) in [5.74, 6) is 0.0262. The Balaban J connectivity index is 2.27. The van der Waals surface area contributed by atoms with Crippen LogP contribution in [0.25, 0.3) is 0 Å². The molecule has 20 heavy (non-hydrogen) atoms. The molecule has 2 aromatic carbocycles. The maximum atomic E-state index is 7.67. The molecule has 2 rings (SSSR count). The zero-order chi connectivity index (χ0) is 14.7. The third kappa shape index (κ3) is 3.31. The van der Waals surface area contributed by atoms with Gasteiger partial charge in [-0.1, -0.05) is 41.4 Å². The molecule has 0 radical (unpaired) electrons. The molecule has 0 saturated heterocycles. The van der Waals surface area contributed by atoms with Crippen molar-refractivity contribution in [3.05, 3.63) is 64.2 Å². The van der Waals surface area contributed by atoms with Gasteiger partial charge in [-0.05, 0) is 30.7 Å². The summed E-state index contributed by atoms with van der Waals surface area (Å²) in [6, 6.07) is 13.8. The molecule has 0 aromatic heterocycles. The molecule has 0 aliphatic carbocycles. The van der Waals surface area contributed by atoms with E-state index in [1.807, 2.05) is 19.2 Å². The molecule has 0 unspecified atom stereocenters. The first-order chi connectivity index (χ1) is 9.47. The highest BCUT2D eigenvalue weighted by molar-refractivity contribution is 6.31. The number of rotatable bonds is 4. The first kappa shape index (κ1) is 14.4. The van der Waals surface area contributed by atoms with Crippen molar-refractivity contribution in [3.8, 4) is 0 Å². The highest BCUT2D eigenvalue weighted by Crippen LogP contribution is 2.24. The van der Waals surface area contributed by atoms with Gasteiger partial charge in [-0.15, -0.1) is 0 Å². The minimum Gasteiger partial charge on any atom is -0.384 e. The normalized spacial score (nSPS) is 10.3. The average molecular weight is 288 g/mol. The van der Waals surface area contributed by atoms with Crippen LogP contribution in [0.4, 0.5) is 5.69 Å². The summed E-state index contributed by atoms with van der Waals surface area (Å²) in [5.41, 5.74) is 9.65. The van der Waals surface area contributed by atoms with E-state index in [1.165, 1.54) is 11.1 Å². The molecule has 0 heterocycles. The smallest absolute Gasteiger partial charge is 0.124 e. The molecule has 104 valence electrons. The Kier molecular flexibility index (Phi) is 4.30. The summed E-state index contributed by atoms with van der Waals surface area (Å²) in [7, 11) is 1.98. The molecule has 0 amide bonds. The van der Waals surface area contributed by atoms with E-state index in [0.29, 0.717) is 10.6 Å². The highest BCUT2D eigenvalue weighted by atomic mass is 35.5. The zero-order valence-corrected chi connectivity index (χ0v) is 12.4. The Bertz CT molecular complexity index is 620. The first-order valence-corrected chi connectivity index (χ1v) is 6.76. The van der Waals surface area contributed by atoms with Crippen molar-refractivity contribution in [3.63, 3.8) is 0 Å². The van der Waals surface area contributed by atoms with Gasteiger partial charge in [0.2, 0.25) is 0 Å². The van der Waals surface area contributed by atoms with Crippen molar-refractivity contribution < 1.29 is 0 Å². The Labute approximate surface area is 124 Å². The predicted molar refractivity (Wildman–Crippen MR) is 85.8 cm³/mol. The summed E-state index contributed by atoms with van der Waals surface area (Å²) in [4.78, 5) is 2.07. The van der Waals surface area contributed by atoms with Gasteiger partial charge >= 0.3 is 0 Å². The molecule has 0 atom stereocenters. The number of nitrogens with zero attached hydrogens (tertiary/aromatic N) is 1. The summed E-state index contributed by atoms with van der Waals surface area (Å²) in [6.07, 6.45) is 0. The largest absolute Gasteiger partial charge is 0.384 e. The van der Waals surface area contributed by atoms with Crippen molar-refractivity contribution in [1.29, 1.82) is 5.41 Å². The van der Waals surface area contributed by atoms with E-state index in [9.17, 15) is 0 Å². The molecule has 0 aliphatic rings. The molecule has 0 saturated carbocycles. The van der Waals surface area contributed by atoms with Crippen molar-refractivity contribution >= 4 is 23.1 Å². The van der Waals surface area contributed by atoms with Crippen LogP contribution in [-0.4, -0.2) is 12.9 Å². The van der Waals surface area contributed by atoms with Crippen LogP contribution in [0.2, 0.25) is 5.02 Å². The zero-order valence-electron chi connectivity index (χ0n) is 11.7. The van der Waals surface area contributed by atoms with Crippen LogP contribution in [-0.2, 0) is 6.54 Å². The Hall–Kier alpha value is -2.00. The lowest BCUT2D eigenvalue weighted by Crippen LogP contribution is -2.22. The second-order valence-electron chi connectivity index (χ2n) is 4.92. The predicted octanol–water partition coefficient (Wildman–Crippen LogP) is 3.57. The number of amidine groups is 1.